The van der Waals surface area contributed by atoms with E-state index in [0.29, 0.717) is 17.7 Å². The van der Waals surface area contributed by atoms with Crippen LogP contribution in [0.4, 0.5) is 10.1 Å². The van der Waals surface area contributed by atoms with Crippen LogP contribution in [0.3, 0.4) is 0 Å². The van der Waals surface area contributed by atoms with E-state index in [1.165, 1.54) is 44.2 Å². The zero-order valence-corrected chi connectivity index (χ0v) is 13.2. The Morgan fingerprint density at radius 3 is 2.68 bits per heavy atom. The molecule has 0 radical (unpaired) electrons. The highest BCUT2D eigenvalue weighted by Crippen LogP contribution is 2.29. The molecule has 1 aliphatic rings. The molecular formula is C16H20FN3OS. The Labute approximate surface area is 133 Å². The van der Waals surface area contributed by atoms with E-state index in [-0.39, 0.29) is 5.82 Å². The molecule has 1 aromatic heterocycles. The highest BCUT2D eigenvalue weighted by Gasteiger charge is 2.15. The maximum atomic E-state index is 12.8. The Kier molecular flexibility index (Phi) is 5.32. The van der Waals surface area contributed by atoms with Gasteiger partial charge in [0.2, 0.25) is 5.89 Å². The number of thioether (sulfide) groups is 1. The first kappa shape index (κ1) is 15.3. The molecule has 1 heterocycles. The Morgan fingerprint density at radius 2 is 1.91 bits per heavy atom. The number of benzene rings is 1. The number of nitrogens with one attached hydrogen (secondary N) is 1. The molecule has 4 nitrogen and oxygen atoms in total. The van der Waals surface area contributed by atoms with Gasteiger partial charge in [-0.2, -0.15) is 0 Å². The van der Waals surface area contributed by atoms with Gasteiger partial charge in [0, 0.05) is 11.4 Å². The molecule has 0 spiro atoms. The van der Waals surface area contributed by atoms with Gasteiger partial charge in [-0.05, 0) is 43.0 Å². The summed E-state index contributed by atoms with van der Waals surface area (Å²) in [6.45, 7) is 0.447. The Bertz CT molecular complexity index is 581. The van der Waals surface area contributed by atoms with Gasteiger partial charge >= 0.3 is 0 Å². The molecule has 118 valence electrons. The number of hydrogen-bond acceptors (Lipinski definition) is 5. The van der Waals surface area contributed by atoms with Crippen molar-refractivity contribution < 1.29 is 8.81 Å². The Balaban J connectivity index is 1.45. The molecule has 0 aliphatic heterocycles. The first-order chi connectivity index (χ1) is 10.8. The minimum Gasteiger partial charge on any atom is -0.414 e. The van der Waals surface area contributed by atoms with Crippen molar-refractivity contribution in [3.05, 3.63) is 36.0 Å². The van der Waals surface area contributed by atoms with E-state index in [1.54, 1.807) is 23.9 Å². The highest BCUT2D eigenvalue weighted by atomic mass is 32.2. The molecule has 0 saturated heterocycles. The van der Waals surface area contributed by atoms with Gasteiger partial charge < -0.3 is 9.73 Å². The van der Waals surface area contributed by atoms with Crippen LogP contribution in [-0.4, -0.2) is 16.0 Å². The van der Waals surface area contributed by atoms with Crippen molar-refractivity contribution in [1.82, 2.24) is 10.2 Å². The molecule has 1 aliphatic carbocycles. The van der Waals surface area contributed by atoms with Crippen LogP contribution in [0.1, 0.15) is 38.0 Å². The standard InChI is InChI=1S/C16H20FN3OS/c17-13-6-8-14(9-7-13)18-10-15-19-20-16(21-15)22-11-12-4-2-1-3-5-12/h6-9,12,18H,1-5,10-11H2. The largest absolute Gasteiger partial charge is 0.414 e. The zero-order chi connectivity index (χ0) is 15.2. The van der Waals surface area contributed by atoms with Gasteiger partial charge in [-0.1, -0.05) is 31.0 Å². The van der Waals surface area contributed by atoms with Crippen molar-refractivity contribution in [2.24, 2.45) is 5.92 Å². The lowest BCUT2D eigenvalue weighted by Crippen LogP contribution is -2.08. The third-order valence-corrected chi connectivity index (χ3v) is 4.95. The van der Waals surface area contributed by atoms with Crippen LogP contribution in [0.15, 0.2) is 33.9 Å². The van der Waals surface area contributed by atoms with E-state index in [1.807, 2.05) is 0 Å². The lowest BCUT2D eigenvalue weighted by molar-refractivity contribution is 0.386. The molecule has 0 unspecified atom stereocenters. The number of aromatic nitrogens is 2. The highest BCUT2D eigenvalue weighted by molar-refractivity contribution is 7.99. The fourth-order valence-corrected chi connectivity index (χ4v) is 3.62. The van der Waals surface area contributed by atoms with Gasteiger partial charge in [0.15, 0.2) is 0 Å². The quantitative estimate of drug-likeness (QED) is 0.794. The molecule has 0 amide bonds. The predicted octanol–water partition coefficient (Wildman–Crippen LogP) is 4.49. The third-order valence-electron chi connectivity index (χ3n) is 3.90. The van der Waals surface area contributed by atoms with E-state index in [0.717, 1.165) is 17.4 Å². The summed E-state index contributed by atoms with van der Waals surface area (Å²) in [5.74, 6) is 2.15. The van der Waals surface area contributed by atoms with Gasteiger partial charge in [-0.15, -0.1) is 10.2 Å². The van der Waals surface area contributed by atoms with E-state index < -0.39 is 0 Å². The topological polar surface area (TPSA) is 51.0 Å². The predicted molar refractivity (Wildman–Crippen MR) is 85.3 cm³/mol. The fourth-order valence-electron chi connectivity index (χ4n) is 2.66. The van der Waals surface area contributed by atoms with Crippen LogP contribution in [-0.2, 0) is 6.54 Å². The molecule has 1 fully saturated rings. The summed E-state index contributed by atoms with van der Waals surface area (Å²) in [5, 5.41) is 11.9. The summed E-state index contributed by atoms with van der Waals surface area (Å²) >= 11 is 1.65. The van der Waals surface area contributed by atoms with Crippen LogP contribution < -0.4 is 5.32 Å². The molecule has 1 aromatic carbocycles. The monoisotopic (exact) mass is 321 g/mol. The van der Waals surface area contributed by atoms with E-state index in [2.05, 4.69) is 15.5 Å². The maximum absolute atomic E-state index is 12.8. The number of rotatable bonds is 6. The number of halogens is 1. The first-order valence-corrected chi connectivity index (χ1v) is 8.73. The van der Waals surface area contributed by atoms with E-state index >= 15 is 0 Å². The molecule has 2 aromatic rings. The lowest BCUT2D eigenvalue weighted by Gasteiger charge is -2.19. The summed E-state index contributed by atoms with van der Waals surface area (Å²) in [4.78, 5) is 0. The van der Waals surface area contributed by atoms with Crippen LogP contribution in [0.25, 0.3) is 0 Å². The Morgan fingerprint density at radius 1 is 1.14 bits per heavy atom. The van der Waals surface area contributed by atoms with Crippen LogP contribution >= 0.6 is 11.8 Å². The van der Waals surface area contributed by atoms with Gasteiger partial charge in [0.1, 0.15) is 5.82 Å². The van der Waals surface area contributed by atoms with Gasteiger partial charge in [-0.3, -0.25) is 0 Å². The number of anilines is 1. The van der Waals surface area contributed by atoms with Crippen LogP contribution in [0, 0.1) is 11.7 Å². The minimum absolute atomic E-state index is 0.246. The smallest absolute Gasteiger partial charge is 0.276 e. The molecule has 22 heavy (non-hydrogen) atoms. The third kappa shape index (κ3) is 4.47. The van der Waals surface area contributed by atoms with Gasteiger partial charge in [0.05, 0.1) is 6.54 Å². The second-order valence-corrected chi connectivity index (χ2v) is 6.61. The number of hydrogen-bond donors (Lipinski definition) is 1. The van der Waals surface area contributed by atoms with Crippen molar-refractivity contribution in [3.8, 4) is 0 Å². The van der Waals surface area contributed by atoms with E-state index in [4.69, 9.17) is 4.42 Å². The molecule has 0 bridgehead atoms. The van der Waals surface area contributed by atoms with E-state index in [9.17, 15) is 4.39 Å². The molecule has 6 heteroatoms. The van der Waals surface area contributed by atoms with Crippen molar-refractivity contribution in [3.63, 3.8) is 0 Å². The van der Waals surface area contributed by atoms with Crippen molar-refractivity contribution in [2.45, 2.75) is 43.9 Å². The summed E-state index contributed by atoms with van der Waals surface area (Å²) in [6.07, 6.45) is 6.71. The normalized spacial score (nSPS) is 15.9. The van der Waals surface area contributed by atoms with Crippen molar-refractivity contribution in [2.75, 3.05) is 11.1 Å². The molecule has 1 saturated carbocycles. The summed E-state index contributed by atoms with van der Waals surface area (Å²) in [5.41, 5.74) is 0.830. The SMILES string of the molecule is Fc1ccc(NCc2nnc(SCC3CCCCC3)o2)cc1. The molecule has 0 atom stereocenters. The second kappa shape index (κ2) is 7.63. The summed E-state index contributed by atoms with van der Waals surface area (Å²) < 4.78 is 18.4. The van der Waals surface area contributed by atoms with Crippen molar-refractivity contribution in [1.29, 1.82) is 0 Å². The second-order valence-electron chi connectivity index (χ2n) is 5.64. The summed E-state index contributed by atoms with van der Waals surface area (Å²) in [7, 11) is 0. The number of nitrogens with zero attached hydrogens (tertiary/aromatic N) is 2. The van der Waals surface area contributed by atoms with Crippen molar-refractivity contribution >= 4 is 17.4 Å². The summed E-state index contributed by atoms with van der Waals surface area (Å²) in [6, 6.07) is 6.21. The average Bonchev–Trinajstić information content (AvgIpc) is 3.01. The maximum Gasteiger partial charge on any atom is 0.276 e. The molecular weight excluding hydrogens is 301 g/mol. The lowest BCUT2D eigenvalue weighted by atomic mass is 9.91. The Hall–Kier alpha value is -1.56. The molecule has 1 N–H and O–H groups in total. The average molecular weight is 321 g/mol. The minimum atomic E-state index is -0.246. The molecule has 3 rings (SSSR count). The fraction of sp³-hybridized carbons (Fsp3) is 0.500. The van der Waals surface area contributed by atoms with Gasteiger partial charge in [-0.25, -0.2) is 4.39 Å². The van der Waals surface area contributed by atoms with Gasteiger partial charge in [0.25, 0.3) is 5.22 Å². The first-order valence-electron chi connectivity index (χ1n) is 7.74. The zero-order valence-electron chi connectivity index (χ0n) is 12.4. The van der Waals surface area contributed by atoms with Crippen LogP contribution in [0.5, 0.6) is 0 Å². The van der Waals surface area contributed by atoms with Crippen LogP contribution in [0.2, 0.25) is 0 Å².